The van der Waals surface area contributed by atoms with E-state index in [1.165, 1.54) is 32.1 Å². The van der Waals surface area contributed by atoms with Gasteiger partial charge in [-0.2, -0.15) is 0 Å². The van der Waals surface area contributed by atoms with Crippen LogP contribution in [-0.2, 0) is 0 Å². The highest BCUT2D eigenvalue weighted by atomic mass is 14.4. The fourth-order valence-corrected chi connectivity index (χ4v) is 2.76. The number of hydrogen-bond donors (Lipinski definition) is 0. The van der Waals surface area contributed by atoms with E-state index >= 15 is 0 Å². The van der Waals surface area contributed by atoms with Crippen molar-refractivity contribution in [2.45, 2.75) is 52.4 Å². The van der Waals surface area contributed by atoms with Crippen molar-refractivity contribution in [2.75, 3.05) is 0 Å². The van der Waals surface area contributed by atoms with E-state index in [1.807, 2.05) is 0 Å². The van der Waals surface area contributed by atoms with Crippen LogP contribution in [0.25, 0.3) is 0 Å². The summed E-state index contributed by atoms with van der Waals surface area (Å²) in [5, 5.41) is 0. The molecule has 0 heteroatoms. The van der Waals surface area contributed by atoms with Crippen LogP contribution in [0.4, 0.5) is 0 Å². The molecule has 2 aliphatic carbocycles. The molecule has 2 rings (SSSR count). The molecule has 0 bridgehead atoms. The summed E-state index contributed by atoms with van der Waals surface area (Å²) >= 11 is 0. The van der Waals surface area contributed by atoms with Crippen LogP contribution in [0.5, 0.6) is 0 Å². The Morgan fingerprint density at radius 1 is 1.00 bits per heavy atom. The average Bonchev–Trinajstić information content (AvgIpc) is 2.81. The molecule has 2 fully saturated rings. The van der Waals surface area contributed by atoms with Gasteiger partial charge in [-0.3, -0.25) is 0 Å². The van der Waals surface area contributed by atoms with Crippen molar-refractivity contribution in [3.63, 3.8) is 0 Å². The predicted octanol–water partition coefficient (Wildman–Crippen LogP) is 3.86. The van der Waals surface area contributed by atoms with Crippen molar-refractivity contribution in [3.8, 4) is 0 Å². The van der Waals surface area contributed by atoms with Gasteiger partial charge in [-0.1, -0.05) is 39.5 Å². The Morgan fingerprint density at radius 2 is 1.75 bits per heavy atom. The molecule has 3 atom stereocenters. The van der Waals surface area contributed by atoms with Gasteiger partial charge in [-0.25, -0.2) is 0 Å². The highest BCUT2D eigenvalue weighted by Crippen LogP contribution is 2.43. The molecule has 0 N–H and O–H groups in total. The molecule has 0 spiro atoms. The Hall–Kier alpha value is 0. The zero-order chi connectivity index (χ0) is 8.55. The molecule has 0 aromatic heterocycles. The Bertz CT molecular complexity index is 144. The summed E-state index contributed by atoms with van der Waals surface area (Å²) in [6, 6.07) is 0. The summed E-state index contributed by atoms with van der Waals surface area (Å²) in [5.41, 5.74) is 0. The maximum Gasteiger partial charge on any atom is -0.0383 e. The van der Waals surface area contributed by atoms with Gasteiger partial charge in [-0.05, 0) is 36.5 Å². The lowest BCUT2D eigenvalue weighted by Crippen LogP contribution is -2.21. The second-order valence-corrected chi connectivity index (χ2v) is 5.33. The minimum absolute atomic E-state index is 1.02. The Kier molecular flexibility index (Phi) is 2.43. The molecule has 0 nitrogen and oxygen atoms in total. The van der Waals surface area contributed by atoms with Gasteiger partial charge in [0, 0.05) is 0 Å². The molecule has 12 heavy (non-hydrogen) atoms. The van der Waals surface area contributed by atoms with E-state index in [0.717, 1.165) is 23.7 Å². The number of rotatable bonds is 2. The SMILES string of the molecule is CC1CCC(C)C(CC2CC2)C1. The van der Waals surface area contributed by atoms with Gasteiger partial charge in [0.2, 0.25) is 0 Å². The minimum atomic E-state index is 1.02. The zero-order valence-corrected chi connectivity index (χ0v) is 8.55. The van der Waals surface area contributed by atoms with Crippen molar-refractivity contribution in [2.24, 2.45) is 23.7 Å². The maximum absolute atomic E-state index is 2.47. The van der Waals surface area contributed by atoms with E-state index in [0.29, 0.717) is 0 Å². The fourth-order valence-electron chi connectivity index (χ4n) is 2.76. The molecule has 0 saturated heterocycles. The van der Waals surface area contributed by atoms with Gasteiger partial charge >= 0.3 is 0 Å². The van der Waals surface area contributed by atoms with E-state index in [1.54, 1.807) is 6.42 Å². The predicted molar refractivity (Wildman–Crippen MR) is 53.0 cm³/mol. The number of hydrogen-bond acceptors (Lipinski definition) is 0. The van der Waals surface area contributed by atoms with Crippen LogP contribution in [0.3, 0.4) is 0 Å². The fraction of sp³-hybridized carbons (Fsp3) is 1.00. The van der Waals surface area contributed by atoms with Gasteiger partial charge < -0.3 is 0 Å². The molecule has 0 aromatic rings. The van der Waals surface area contributed by atoms with Gasteiger partial charge in [0.1, 0.15) is 0 Å². The summed E-state index contributed by atoms with van der Waals surface area (Å²) in [4.78, 5) is 0. The lowest BCUT2D eigenvalue weighted by atomic mass is 9.73. The lowest BCUT2D eigenvalue weighted by molar-refractivity contribution is 0.186. The van der Waals surface area contributed by atoms with E-state index in [9.17, 15) is 0 Å². The molecule has 2 aliphatic rings. The van der Waals surface area contributed by atoms with E-state index < -0.39 is 0 Å². The van der Waals surface area contributed by atoms with Crippen LogP contribution in [0.1, 0.15) is 52.4 Å². The van der Waals surface area contributed by atoms with Gasteiger partial charge in [0.05, 0.1) is 0 Å². The normalized spacial score (nSPS) is 43.0. The monoisotopic (exact) mass is 166 g/mol. The zero-order valence-electron chi connectivity index (χ0n) is 8.55. The van der Waals surface area contributed by atoms with Crippen molar-refractivity contribution in [1.82, 2.24) is 0 Å². The van der Waals surface area contributed by atoms with E-state index in [4.69, 9.17) is 0 Å². The topological polar surface area (TPSA) is 0 Å². The molecule has 0 radical (unpaired) electrons. The summed E-state index contributed by atoms with van der Waals surface area (Å²) < 4.78 is 0. The lowest BCUT2D eigenvalue weighted by Gasteiger charge is -2.32. The van der Waals surface area contributed by atoms with Crippen LogP contribution in [-0.4, -0.2) is 0 Å². The van der Waals surface area contributed by atoms with Gasteiger partial charge in [0.15, 0.2) is 0 Å². The van der Waals surface area contributed by atoms with Crippen molar-refractivity contribution < 1.29 is 0 Å². The van der Waals surface area contributed by atoms with Crippen LogP contribution in [0, 0.1) is 23.7 Å². The largest absolute Gasteiger partial charge is 0.0625 e. The molecular weight excluding hydrogens is 144 g/mol. The average molecular weight is 166 g/mol. The summed E-state index contributed by atoms with van der Waals surface area (Å²) in [6.07, 6.45) is 9.15. The third-order valence-corrected chi connectivity index (χ3v) is 3.96. The first-order chi connectivity index (χ1) is 5.75. The first-order valence-electron chi connectivity index (χ1n) is 5.75. The van der Waals surface area contributed by atoms with E-state index in [2.05, 4.69) is 13.8 Å². The Labute approximate surface area is 76.7 Å². The molecule has 3 unspecified atom stereocenters. The van der Waals surface area contributed by atoms with Crippen LogP contribution < -0.4 is 0 Å². The van der Waals surface area contributed by atoms with Crippen LogP contribution in [0.2, 0.25) is 0 Å². The highest BCUT2D eigenvalue weighted by molar-refractivity contribution is 4.82. The third kappa shape index (κ3) is 2.02. The first kappa shape index (κ1) is 8.59. The second-order valence-electron chi connectivity index (χ2n) is 5.33. The quantitative estimate of drug-likeness (QED) is 0.584. The van der Waals surface area contributed by atoms with Gasteiger partial charge in [0.25, 0.3) is 0 Å². The third-order valence-electron chi connectivity index (χ3n) is 3.96. The van der Waals surface area contributed by atoms with Gasteiger partial charge in [-0.15, -0.1) is 0 Å². The molecule has 2 saturated carbocycles. The molecule has 0 amide bonds. The van der Waals surface area contributed by atoms with Crippen molar-refractivity contribution in [1.29, 1.82) is 0 Å². The Balaban J connectivity index is 1.82. The highest BCUT2D eigenvalue weighted by Gasteiger charge is 2.31. The van der Waals surface area contributed by atoms with Crippen molar-refractivity contribution >= 4 is 0 Å². The smallest absolute Gasteiger partial charge is 0.0383 e. The Morgan fingerprint density at radius 3 is 2.42 bits per heavy atom. The first-order valence-corrected chi connectivity index (χ1v) is 5.75. The second kappa shape index (κ2) is 3.40. The summed E-state index contributed by atoms with van der Waals surface area (Å²) in [6.45, 7) is 4.91. The summed E-state index contributed by atoms with van der Waals surface area (Å²) in [5.74, 6) is 4.27. The standard InChI is InChI=1S/C12H22/c1-9-3-4-10(2)12(7-9)8-11-5-6-11/h9-12H,3-8H2,1-2H3. The van der Waals surface area contributed by atoms with Crippen molar-refractivity contribution in [3.05, 3.63) is 0 Å². The van der Waals surface area contributed by atoms with Crippen LogP contribution >= 0.6 is 0 Å². The minimum Gasteiger partial charge on any atom is -0.0625 e. The molecular formula is C12H22. The molecule has 0 aromatic carbocycles. The molecule has 70 valence electrons. The molecule has 0 heterocycles. The van der Waals surface area contributed by atoms with Crippen LogP contribution in [0.15, 0.2) is 0 Å². The summed E-state index contributed by atoms with van der Waals surface area (Å²) in [7, 11) is 0. The molecule has 0 aliphatic heterocycles. The van der Waals surface area contributed by atoms with E-state index in [-0.39, 0.29) is 0 Å². The maximum atomic E-state index is 2.47.